The monoisotopic (exact) mass is 357 g/mol. The smallest absolute Gasteiger partial charge is 0.416 e. The quantitative estimate of drug-likeness (QED) is 0.769. The van der Waals surface area contributed by atoms with Crippen LogP contribution < -0.4 is 0 Å². The number of ether oxygens (including phenoxy) is 1. The molecule has 0 N–H and O–H groups in total. The number of halogens is 3. The van der Waals surface area contributed by atoms with Crippen LogP contribution in [0.4, 0.5) is 13.2 Å². The van der Waals surface area contributed by atoms with E-state index in [1.54, 1.807) is 7.05 Å². The van der Waals surface area contributed by atoms with Gasteiger partial charge in [0, 0.05) is 13.6 Å². The molecule has 8 heteroatoms. The van der Waals surface area contributed by atoms with Gasteiger partial charge >= 0.3 is 12.1 Å². The molecule has 1 aromatic heterocycles. The number of thiophene rings is 1. The zero-order chi connectivity index (χ0) is 17.7. The predicted octanol–water partition coefficient (Wildman–Crippen LogP) is 3.58. The van der Waals surface area contributed by atoms with Crippen molar-refractivity contribution in [3.05, 3.63) is 57.8 Å². The highest BCUT2D eigenvalue weighted by Crippen LogP contribution is 2.29. The average molecular weight is 357 g/mol. The van der Waals surface area contributed by atoms with Gasteiger partial charge in [-0.25, -0.2) is 4.79 Å². The van der Waals surface area contributed by atoms with E-state index in [1.165, 1.54) is 22.3 Å². The van der Waals surface area contributed by atoms with Gasteiger partial charge in [-0.3, -0.25) is 4.79 Å². The number of carbonyl (C=O) groups excluding carboxylic acids is 2. The lowest BCUT2D eigenvalue weighted by molar-refractivity contribution is -0.137. The van der Waals surface area contributed by atoms with Crippen LogP contribution in [0.15, 0.2) is 41.1 Å². The maximum Gasteiger partial charge on any atom is 0.416 e. The van der Waals surface area contributed by atoms with Gasteiger partial charge in [-0.15, -0.1) is 0 Å². The Morgan fingerprint density at radius 3 is 2.62 bits per heavy atom. The molecule has 0 saturated carbocycles. The second-order valence-corrected chi connectivity index (χ2v) is 5.82. The molecule has 2 rings (SSSR count). The highest BCUT2D eigenvalue weighted by atomic mass is 32.1. The van der Waals surface area contributed by atoms with E-state index in [2.05, 4.69) is 0 Å². The number of esters is 1. The van der Waals surface area contributed by atoms with Gasteiger partial charge in [0.25, 0.3) is 5.91 Å². The molecule has 0 unspecified atom stereocenters. The van der Waals surface area contributed by atoms with Crippen LogP contribution in [0.1, 0.15) is 21.5 Å². The molecule has 0 bridgehead atoms. The molecule has 1 aromatic carbocycles. The molecule has 1 heterocycles. The standard InChI is InChI=1S/C16H14F3NO3S/c1-20(8-11-5-6-24-10-11)14(21)9-23-15(22)12-3-2-4-13(7-12)16(17,18)19/h2-7,10H,8-9H2,1H3. The van der Waals surface area contributed by atoms with Gasteiger partial charge < -0.3 is 9.64 Å². The lowest BCUT2D eigenvalue weighted by Crippen LogP contribution is -2.30. The van der Waals surface area contributed by atoms with Gasteiger partial charge in [0.2, 0.25) is 0 Å². The van der Waals surface area contributed by atoms with E-state index in [0.717, 1.165) is 17.7 Å². The summed E-state index contributed by atoms with van der Waals surface area (Å²) in [4.78, 5) is 25.1. The second kappa shape index (κ2) is 7.48. The molecule has 2 aromatic rings. The summed E-state index contributed by atoms with van der Waals surface area (Å²) in [5.41, 5.74) is -0.254. The number of hydrogen-bond donors (Lipinski definition) is 0. The number of hydrogen-bond acceptors (Lipinski definition) is 4. The first kappa shape index (κ1) is 18.0. The van der Waals surface area contributed by atoms with Crippen LogP contribution in [-0.2, 0) is 22.3 Å². The molecule has 0 spiro atoms. The SMILES string of the molecule is CN(Cc1ccsc1)C(=O)COC(=O)c1cccc(C(F)(F)F)c1. The van der Waals surface area contributed by atoms with Crippen LogP contribution in [0.2, 0.25) is 0 Å². The van der Waals surface area contributed by atoms with E-state index in [1.807, 2.05) is 16.8 Å². The van der Waals surface area contributed by atoms with Crippen LogP contribution in [0.3, 0.4) is 0 Å². The van der Waals surface area contributed by atoms with Gasteiger partial charge in [-0.2, -0.15) is 24.5 Å². The minimum absolute atomic E-state index is 0.252. The maximum absolute atomic E-state index is 12.6. The normalized spacial score (nSPS) is 11.2. The zero-order valence-electron chi connectivity index (χ0n) is 12.7. The van der Waals surface area contributed by atoms with Crippen LogP contribution in [0, 0.1) is 0 Å². The number of carbonyl (C=O) groups is 2. The Labute approximate surface area is 140 Å². The first-order valence-electron chi connectivity index (χ1n) is 6.87. The number of amides is 1. The van der Waals surface area contributed by atoms with Crippen LogP contribution >= 0.6 is 11.3 Å². The third kappa shape index (κ3) is 4.82. The van der Waals surface area contributed by atoms with E-state index in [9.17, 15) is 22.8 Å². The molecule has 0 radical (unpaired) electrons. The van der Waals surface area contributed by atoms with Crippen LogP contribution in [-0.4, -0.2) is 30.4 Å². The highest BCUT2D eigenvalue weighted by molar-refractivity contribution is 7.07. The van der Waals surface area contributed by atoms with E-state index >= 15 is 0 Å². The molecule has 0 atom stereocenters. The van der Waals surface area contributed by atoms with Crippen molar-refractivity contribution in [2.24, 2.45) is 0 Å². The molecule has 0 aliphatic carbocycles. The third-order valence-corrected chi connectivity index (χ3v) is 3.91. The maximum atomic E-state index is 12.6. The first-order chi connectivity index (χ1) is 11.3. The Hall–Kier alpha value is -2.35. The number of alkyl halides is 3. The molecular weight excluding hydrogens is 343 g/mol. The van der Waals surface area contributed by atoms with Crippen molar-refractivity contribution in [1.82, 2.24) is 4.90 Å². The minimum atomic E-state index is -4.55. The van der Waals surface area contributed by atoms with Gasteiger partial charge in [-0.05, 0) is 40.6 Å². The van der Waals surface area contributed by atoms with Crippen molar-refractivity contribution in [3.63, 3.8) is 0 Å². The van der Waals surface area contributed by atoms with Crippen molar-refractivity contribution in [1.29, 1.82) is 0 Å². The lowest BCUT2D eigenvalue weighted by atomic mass is 10.1. The molecule has 0 aliphatic heterocycles. The summed E-state index contributed by atoms with van der Waals surface area (Å²) in [6.07, 6.45) is -4.55. The summed E-state index contributed by atoms with van der Waals surface area (Å²) in [7, 11) is 1.55. The van der Waals surface area contributed by atoms with Gasteiger partial charge in [0.05, 0.1) is 11.1 Å². The number of benzene rings is 1. The number of nitrogens with zero attached hydrogens (tertiary/aromatic N) is 1. The highest BCUT2D eigenvalue weighted by Gasteiger charge is 2.31. The number of rotatable bonds is 5. The summed E-state index contributed by atoms with van der Waals surface area (Å²) >= 11 is 1.50. The van der Waals surface area contributed by atoms with Crippen LogP contribution in [0.5, 0.6) is 0 Å². The Balaban J connectivity index is 1.92. The molecule has 0 aliphatic rings. The summed E-state index contributed by atoms with van der Waals surface area (Å²) in [5.74, 6) is -1.42. The molecule has 24 heavy (non-hydrogen) atoms. The molecular formula is C16H14F3NO3S. The fourth-order valence-corrected chi connectivity index (χ4v) is 2.55. The Kier molecular flexibility index (Phi) is 5.61. The summed E-state index contributed by atoms with van der Waals surface area (Å²) < 4.78 is 42.7. The topological polar surface area (TPSA) is 46.6 Å². The van der Waals surface area contributed by atoms with E-state index in [-0.39, 0.29) is 5.56 Å². The second-order valence-electron chi connectivity index (χ2n) is 5.04. The molecule has 128 valence electrons. The van der Waals surface area contributed by atoms with Crippen molar-refractivity contribution in [2.45, 2.75) is 12.7 Å². The predicted molar refractivity (Wildman–Crippen MR) is 82.5 cm³/mol. The van der Waals surface area contributed by atoms with Crippen LogP contribution in [0.25, 0.3) is 0 Å². The Morgan fingerprint density at radius 2 is 2.00 bits per heavy atom. The summed E-state index contributed by atoms with van der Waals surface area (Å²) in [6.45, 7) is -0.168. The van der Waals surface area contributed by atoms with E-state index in [4.69, 9.17) is 4.74 Å². The minimum Gasteiger partial charge on any atom is -0.452 e. The Morgan fingerprint density at radius 1 is 1.25 bits per heavy atom. The summed E-state index contributed by atoms with van der Waals surface area (Å²) in [6, 6.07) is 5.74. The van der Waals surface area contributed by atoms with Gasteiger partial charge in [0.1, 0.15) is 0 Å². The van der Waals surface area contributed by atoms with E-state index in [0.29, 0.717) is 12.6 Å². The molecule has 0 saturated heterocycles. The van der Waals surface area contributed by atoms with Crippen molar-refractivity contribution < 1.29 is 27.5 Å². The largest absolute Gasteiger partial charge is 0.452 e. The van der Waals surface area contributed by atoms with Crippen molar-refractivity contribution in [3.8, 4) is 0 Å². The van der Waals surface area contributed by atoms with Crippen molar-refractivity contribution >= 4 is 23.2 Å². The van der Waals surface area contributed by atoms with E-state index < -0.39 is 30.2 Å². The molecule has 1 amide bonds. The number of likely N-dealkylation sites (N-methyl/N-ethyl adjacent to an activating group) is 1. The molecule has 0 fully saturated rings. The third-order valence-electron chi connectivity index (χ3n) is 3.18. The van der Waals surface area contributed by atoms with Gasteiger partial charge in [0.15, 0.2) is 6.61 Å². The average Bonchev–Trinajstić information content (AvgIpc) is 3.04. The zero-order valence-corrected chi connectivity index (χ0v) is 13.5. The van der Waals surface area contributed by atoms with Crippen molar-refractivity contribution in [2.75, 3.05) is 13.7 Å². The lowest BCUT2D eigenvalue weighted by Gasteiger charge is -2.16. The first-order valence-corrected chi connectivity index (χ1v) is 7.81. The fraction of sp³-hybridized carbons (Fsp3) is 0.250. The summed E-state index contributed by atoms with van der Waals surface area (Å²) in [5, 5.41) is 3.76. The Bertz CT molecular complexity index is 714. The van der Waals surface area contributed by atoms with Gasteiger partial charge in [-0.1, -0.05) is 6.07 Å². The molecule has 4 nitrogen and oxygen atoms in total. The fourth-order valence-electron chi connectivity index (χ4n) is 1.89.